The third kappa shape index (κ3) is 0.876. The lowest BCUT2D eigenvalue weighted by molar-refractivity contribution is 0.568. The van der Waals surface area contributed by atoms with E-state index in [9.17, 15) is 0 Å². The second-order valence-electron chi connectivity index (χ2n) is 2.76. The Bertz CT molecular complexity index is 118. The second-order valence-corrected chi connectivity index (χ2v) is 4.17. The zero-order valence-electron chi connectivity index (χ0n) is 5.55. The quantitative estimate of drug-likeness (QED) is 0.501. The van der Waals surface area contributed by atoms with Gasteiger partial charge in [-0.05, 0) is 0 Å². The van der Waals surface area contributed by atoms with Gasteiger partial charge in [0.25, 0.3) is 0 Å². The molecule has 2 heterocycles. The predicted molar refractivity (Wildman–Crippen MR) is 40.6 cm³/mol. The molecule has 0 aliphatic carbocycles. The number of nitrogens with one attached hydrogen (secondary N) is 2. The minimum atomic E-state index is 0.745. The van der Waals surface area contributed by atoms with Crippen LogP contribution in [-0.2, 0) is 0 Å². The Hall–Kier alpha value is 0.270. The van der Waals surface area contributed by atoms with Crippen molar-refractivity contribution in [1.82, 2.24) is 10.6 Å². The normalized spacial score (nSPS) is 49.7. The van der Waals surface area contributed by atoms with Gasteiger partial charge >= 0.3 is 0 Å². The van der Waals surface area contributed by atoms with Crippen LogP contribution >= 0.6 is 11.8 Å². The summed E-state index contributed by atoms with van der Waals surface area (Å²) in [5.41, 5.74) is 0. The van der Waals surface area contributed by atoms with E-state index in [-0.39, 0.29) is 0 Å². The van der Waals surface area contributed by atoms with Crippen LogP contribution in [0.3, 0.4) is 0 Å². The molecule has 2 saturated heterocycles. The Labute approximate surface area is 59.8 Å². The van der Waals surface area contributed by atoms with Gasteiger partial charge in [0, 0.05) is 29.8 Å². The standard InChI is InChI=1S/C6H12N2S/c1-4-6-5(2-9-4)7-3-8-6/h4-8H,2-3H2,1H3. The molecule has 0 radical (unpaired) electrons. The molecule has 2 aliphatic rings. The van der Waals surface area contributed by atoms with Crippen molar-refractivity contribution >= 4 is 11.8 Å². The fourth-order valence-corrected chi connectivity index (χ4v) is 2.92. The van der Waals surface area contributed by atoms with Gasteiger partial charge in [0.15, 0.2) is 0 Å². The average Bonchev–Trinajstić information content (AvgIpc) is 2.35. The monoisotopic (exact) mass is 144 g/mol. The summed E-state index contributed by atoms with van der Waals surface area (Å²) in [6.45, 7) is 3.32. The van der Waals surface area contributed by atoms with Crippen LogP contribution in [0.4, 0.5) is 0 Å². The van der Waals surface area contributed by atoms with Gasteiger partial charge in [0.2, 0.25) is 0 Å². The van der Waals surface area contributed by atoms with Gasteiger partial charge in [0.1, 0.15) is 0 Å². The van der Waals surface area contributed by atoms with E-state index in [1.54, 1.807) is 0 Å². The van der Waals surface area contributed by atoms with Crippen molar-refractivity contribution in [1.29, 1.82) is 0 Å². The fourth-order valence-electron chi connectivity index (χ4n) is 1.59. The molecule has 3 heteroatoms. The molecule has 2 aliphatic heterocycles. The zero-order chi connectivity index (χ0) is 6.27. The van der Waals surface area contributed by atoms with Crippen LogP contribution in [0.25, 0.3) is 0 Å². The summed E-state index contributed by atoms with van der Waals surface area (Å²) in [6.07, 6.45) is 0. The summed E-state index contributed by atoms with van der Waals surface area (Å²) in [7, 11) is 0. The molecular weight excluding hydrogens is 132 g/mol. The van der Waals surface area contributed by atoms with Gasteiger partial charge in [0.05, 0.1) is 0 Å². The molecule has 0 bridgehead atoms. The number of hydrogen-bond donors (Lipinski definition) is 2. The summed E-state index contributed by atoms with van der Waals surface area (Å²) in [5, 5.41) is 7.66. The Morgan fingerprint density at radius 3 is 3.11 bits per heavy atom. The number of rotatable bonds is 0. The third-order valence-corrected chi connectivity index (χ3v) is 3.55. The average molecular weight is 144 g/mol. The topological polar surface area (TPSA) is 24.1 Å². The molecule has 2 fully saturated rings. The summed E-state index contributed by atoms with van der Waals surface area (Å²) < 4.78 is 0. The second kappa shape index (κ2) is 2.15. The zero-order valence-corrected chi connectivity index (χ0v) is 6.37. The van der Waals surface area contributed by atoms with Crippen LogP contribution in [0.15, 0.2) is 0 Å². The van der Waals surface area contributed by atoms with Crippen molar-refractivity contribution in [2.75, 3.05) is 12.4 Å². The first-order valence-electron chi connectivity index (χ1n) is 3.46. The van der Waals surface area contributed by atoms with Crippen LogP contribution in [0.2, 0.25) is 0 Å². The first-order chi connectivity index (χ1) is 4.38. The van der Waals surface area contributed by atoms with E-state index in [0.29, 0.717) is 0 Å². The fraction of sp³-hybridized carbons (Fsp3) is 1.00. The van der Waals surface area contributed by atoms with Crippen LogP contribution in [0.1, 0.15) is 6.92 Å². The summed E-state index contributed by atoms with van der Waals surface area (Å²) in [6, 6.07) is 1.50. The summed E-state index contributed by atoms with van der Waals surface area (Å²) in [5.74, 6) is 1.29. The van der Waals surface area contributed by atoms with Gasteiger partial charge < -0.3 is 0 Å². The Balaban J connectivity index is 2.07. The summed E-state index contributed by atoms with van der Waals surface area (Å²) >= 11 is 2.06. The largest absolute Gasteiger partial charge is 0.299 e. The highest BCUT2D eigenvalue weighted by Gasteiger charge is 2.36. The lowest BCUT2D eigenvalue weighted by atomic mass is 10.1. The summed E-state index contributed by atoms with van der Waals surface area (Å²) in [4.78, 5) is 0. The van der Waals surface area contributed by atoms with Crippen molar-refractivity contribution in [3.8, 4) is 0 Å². The smallest absolute Gasteiger partial charge is 0.0460 e. The van der Waals surface area contributed by atoms with Crippen LogP contribution in [-0.4, -0.2) is 29.8 Å². The molecule has 2 rings (SSSR count). The first kappa shape index (κ1) is 6.01. The maximum absolute atomic E-state index is 3.44. The van der Waals surface area contributed by atoms with Gasteiger partial charge in [-0.25, -0.2) is 0 Å². The maximum Gasteiger partial charge on any atom is 0.0460 e. The van der Waals surface area contributed by atoms with Crippen molar-refractivity contribution in [2.24, 2.45) is 0 Å². The molecule has 52 valence electrons. The van der Waals surface area contributed by atoms with E-state index in [1.165, 1.54) is 5.75 Å². The molecule has 3 atom stereocenters. The van der Waals surface area contributed by atoms with E-state index in [0.717, 1.165) is 24.0 Å². The molecule has 0 aromatic rings. The molecule has 0 spiro atoms. The van der Waals surface area contributed by atoms with Gasteiger partial charge in [-0.2, -0.15) is 11.8 Å². The highest BCUT2D eigenvalue weighted by Crippen LogP contribution is 2.28. The highest BCUT2D eigenvalue weighted by atomic mass is 32.2. The Morgan fingerprint density at radius 2 is 2.33 bits per heavy atom. The first-order valence-corrected chi connectivity index (χ1v) is 4.51. The van der Waals surface area contributed by atoms with Crippen LogP contribution in [0, 0.1) is 0 Å². The van der Waals surface area contributed by atoms with Crippen LogP contribution < -0.4 is 10.6 Å². The minimum absolute atomic E-state index is 0.745. The predicted octanol–water partition coefficient (Wildman–Crippen LogP) is 0.00920. The van der Waals surface area contributed by atoms with Crippen molar-refractivity contribution in [3.05, 3.63) is 0 Å². The maximum atomic E-state index is 3.44. The van der Waals surface area contributed by atoms with Gasteiger partial charge in [-0.15, -0.1) is 0 Å². The third-order valence-electron chi connectivity index (χ3n) is 2.18. The molecule has 0 saturated carbocycles. The van der Waals surface area contributed by atoms with E-state index in [4.69, 9.17) is 0 Å². The van der Waals surface area contributed by atoms with Crippen molar-refractivity contribution < 1.29 is 0 Å². The van der Waals surface area contributed by atoms with Gasteiger partial charge in [-0.3, -0.25) is 10.6 Å². The molecule has 9 heavy (non-hydrogen) atoms. The lowest BCUT2D eigenvalue weighted by Gasteiger charge is -2.10. The van der Waals surface area contributed by atoms with Gasteiger partial charge in [-0.1, -0.05) is 6.92 Å². The molecule has 0 amide bonds. The lowest BCUT2D eigenvalue weighted by Crippen LogP contribution is -2.35. The minimum Gasteiger partial charge on any atom is -0.299 e. The highest BCUT2D eigenvalue weighted by molar-refractivity contribution is 8.00. The van der Waals surface area contributed by atoms with Crippen molar-refractivity contribution in [2.45, 2.75) is 24.3 Å². The Kier molecular flexibility index (Phi) is 1.43. The van der Waals surface area contributed by atoms with Crippen molar-refractivity contribution in [3.63, 3.8) is 0 Å². The number of fused-ring (bicyclic) bond motifs is 1. The molecule has 2 N–H and O–H groups in total. The molecular formula is C6H12N2S. The number of thioether (sulfide) groups is 1. The van der Waals surface area contributed by atoms with E-state index in [1.807, 2.05) is 0 Å². The van der Waals surface area contributed by atoms with E-state index in [2.05, 4.69) is 29.3 Å². The molecule has 2 nitrogen and oxygen atoms in total. The number of hydrogen-bond acceptors (Lipinski definition) is 3. The SMILES string of the molecule is CC1SCC2NCNC21. The molecule has 0 aromatic heterocycles. The Morgan fingerprint density at radius 1 is 1.44 bits per heavy atom. The molecule has 0 aromatic carbocycles. The van der Waals surface area contributed by atoms with Crippen LogP contribution in [0.5, 0.6) is 0 Å². The molecule has 3 unspecified atom stereocenters. The van der Waals surface area contributed by atoms with E-state index < -0.39 is 0 Å². The van der Waals surface area contributed by atoms with E-state index >= 15 is 0 Å².